The fourth-order valence-electron chi connectivity index (χ4n) is 1.23. The van der Waals surface area contributed by atoms with Crippen molar-refractivity contribution < 1.29 is 4.79 Å². The highest BCUT2D eigenvalue weighted by molar-refractivity contribution is 7.81. The summed E-state index contributed by atoms with van der Waals surface area (Å²) in [4.78, 5) is 12.9. The molecule has 1 atom stereocenters. The minimum atomic E-state index is 0.132. The molecule has 1 aliphatic rings. The highest BCUT2D eigenvalue weighted by Gasteiger charge is 2.31. The Kier molecular flexibility index (Phi) is 2.82. The first-order valence-corrected chi connectivity index (χ1v) is 4.66. The van der Waals surface area contributed by atoms with Crippen molar-refractivity contribution in [2.45, 2.75) is 25.8 Å². The van der Waals surface area contributed by atoms with Gasteiger partial charge in [-0.2, -0.15) is 12.6 Å². The summed E-state index contributed by atoms with van der Waals surface area (Å²) in [5.74, 6) is 1.21. The predicted molar refractivity (Wildman–Crippen MR) is 48.8 cm³/mol. The van der Waals surface area contributed by atoms with Crippen LogP contribution in [0.15, 0.2) is 0 Å². The molecule has 1 unspecified atom stereocenters. The average molecular weight is 173 g/mol. The highest BCUT2D eigenvalue weighted by atomic mass is 32.1. The molecule has 1 fully saturated rings. The van der Waals surface area contributed by atoms with Gasteiger partial charge in [0.25, 0.3) is 0 Å². The summed E-state index contributed by atoms with van der Waals surface area (Å²) >= 11 is 3.95. The minimum absolute atomic E-state index is 0.132. The van der Waals surface area contributed by atoms with E-state index in [2.05, 4.69) is 19.6 Å². The van der Waals surface area contributed by atoms with Gasteiger partial charge < -0.3 is 4.90 Å². The van der Waals surface area contributed by atoms with Crippen LogP contribution in [0.4, 0.5) is 0 Å². The molecule has 1 amide bonds. The van der Waals surface area contributed by atoms with Crippen molar-refractivity contribution >= 4 is 18.5 Å². The van der Waals surface area contributed by atoms with Crippen LogP contribution in [0, 0.1) is 5.92 Å². The topological polar surface area (TPSA) is 20.3 Å². The molecular formula is C8H15NOS. The molecule has 0 aromatic rings. The summed E-state index contributed by atoms with van der Waals surface area (Å²) in [5.41, 5.74) is 0. The molecule has 0 saturated heterocycles. The molecule has 0 bridgehead atoms. The molecule has 0 heterocycles. The smallest absolute Gasteiger partial charge is 0.232 e. The van der Waals surface area contributed by atoms with Crippen molar-refractivity contribution in [3.8, 4) is 0 Å². The van der Waals surface area contributed by atoms with Gasteiger partial charge in [0.1, 0.15) is 0 Å². The molecule has 2 nitrogen and oxygen atoms in total. The van der Waals surface area contributed by atoms with Gasteiger partial charge in [-0.25, -0.2) is 0 Å². The van der Waals surface area contributed by atoms with Crippen molar-refractivity contribution in [1.29, 1.82) is 0 Å². The minimum Gasteiger partial charge on any atom is -0.342 e. The lowest BCUT2D eigenvalue weighted by atomic mass is 10.2. The van der Waals surface area contributed by atoms with Crippen LogP contribution >= 0.6 is 12.6 Å². The molecule has 11 heavy (non-hydrogen) atoms. The van der Waals surface area contributed by atoms with Crippen LogP contribution in [-0.4, -0.2) is 29.6 Å². The molecular weight excluding hydrogens is 158 g/mol. The number of thiol groups is 1. The molecule has 0 aromatic carbocycles. The first-order chi connectivity index (χ1) is 5.16. The maximum absolute atomic E-state index is 11.1. The van der Waals surface area contributed by atoms with E-state index in [0.717, 1.165) is 5.92 Å². The summed E-state index contributed by atoms with van der Waals surface area (Å²) in [7, 11) is 1.86. The first-order valence-electron chi connectivity index (χ1n) is 4.03. The third kappa shape index (κ3) is 2.12. The van der Waals surface area contributed by atoms with Crippen molar-refractivity contribution in [3.63, 3.8) is 0 Å². The lowest BCUT2D eigenvalue weighted by Gasteiger charge is -2.23. The first kappa shape index (κ1) is 8.91. The average Bonchev–Trinajstić information content (AvgIpc) is 2.82. The Morgan fingerprint density at radius 1 is 1.73 bits per heavy atom. The maximum Gasteiger partial charge on any atom is 0.232 e. The summed E-state index contributed by atoms with van der Waals surface area (Å²) in [6.45, 7) is 2.11. The second-order valence-electron chi connectivity index (χ2n) is 3.24. The Labute approximate surface area is 73.4 Å². The van der Waals surface area contributed by atoms with Crippen LogP contribution in [0.2, 0.25) is 0 Å². The lowest BCUT2D eigenvalue weighted by molar-refractivity contribution is -0.129. The zero-order valence-corrected chi connectivity index (χ0v) is 7.97. The molecule has 0 radical (unpaired) electrons. The van der Waals surface area contributed by atoms with Gasteiger partial charge in [0.15, 0.2) is 0 Å². The van der Waals surface area contributed by atoms with Gasteiger partial charge in [0, 0.05) is 13.1 Å². The van der Waals surface area contributed by atoms with Gasteiger partial charge in [-0.15, -0.1) is 0 Å². The molecule has 0 aliphatic heterocycles. The van der Waals surface area contributed by atoms with Crippen molar-refractivity contribution in [2.24, 2.45) is 5.92 Å². The van der Waals surface area contributed by atoms with E-state index in [0.29, 0.717) is 11.8 Å². The molecule has 64 valence electrons. The fraction of sp³-hybridized carbons (Fsp3) is 0.875. The monoisotopic (exact) mass is 173 g/mol. The van der Waals surface area contributed by atoms with Crippen LogP contribution in [-0.2, 0) is 4.79 Å². The highest BCUT2D eigenvalue weighted by Crippen LogP contribution is 2.34. The summed E-state index contributed by atoms with van der Waals surface area (Å²) in [6, 6.07) is 0.412. The van der Waals surface area contributed by atoms with Gasteiger partial charge in [-0.05, 0) is 25.7 Å². The molecule has 0 N–H and O–H groups in total. The normalized spacial score (nSPS) is 19.5. The number of nitrogens with zero attached hydrogens (tertiary/aromatic N) is 1. The number of carbonyl (C=O) groups is 1. The van der Waals surface area contributed by atoms with Crippen LogP contribution < -0.4 is 0 Å². The molecule has 1 rings (SSSR count). The summed E-state index contributed by atoms with van der Waals surface area (Å²) in [5, 5.41) is 0. The Hall–Kier alpha value is -0.180. The van der Waals surface area contributed by atoms with Crippen molar-refractivity contribution in [2.75, 3.05) is 12.8 Å². The Morgan fingerprint density at radius 3 is 2.64 bits per heavy atom. The second-order valence-corrected chi connectivity index (χ2v) is 3.56. The Balaban J connectivity index is 2.38. The molecule has 0 aromatic heterocycles. The van der Waals surface area contributed by atoms with E-state index in [9.17, 15) is 4.79 Å². The van der Waals surface area contributed by atoms with Gasteiger partial charge in [0.2, 0.25) is 5.91 Å². The molecule has 1 saturated carbocycles. The number of hydrogen-bond acceptors (Lipinski definition) is 2. The standard InChI is InChI=1S/C8H15NOS/c1-6(7-3-4-7)9(2)8(10)5-11/h6-7,11H,3-5H2,1-2H3. The van der Waals surface area contributed by atoms with Gasteiger partial charge in [-0.3, -0.25) is 4.79 Å². The van der Waals surface area contributed by atoms with E-state index < -0.39 is 0 Å². The van der Waals surface area contributed by atoms with Crippen LogP contribution in [0.1, 0.15) is 19.8 Å². The Bertz CT molecular complexity index is 156. The maximum atomic E-state index is 11.1. The van der Waals surface area contributed by atoms with Crippen molar-refractivity contribution in [3.05, 3.63) is 0 Å². The third-order valence-electron chi connectivity index (χ3n) is 2.44. The quantitative estimate of drug-likeness (QED) is 0.635. The van der Waals surface area contributed by atoms with Gasteiger partial charge in [-0.1, -0.05) is 0 Å². The van der Waals surface area contributed by atoms with Crippen LogP contribution in [0.25, 0.3) is 0 Å². The number of hydrogen-bond donors (Lipinski definition) is 1. The van der Waals surface area contributed by atoms with Gasteiger partial charge >= 0.3 is 0 Å². The van der Waals surface area contributed by atoms with E-state index in [1.165, 1.54) is 12.8 Å². The number of rotatable bonds is 3. The molecule has 1 aliphatic carbocycles. The zero-order valence-electron chi connectivity index (χ0n) is 7.08. The predicted octanol–water partition coefficient (Wildman–Crippen LogP) is 1.17. The summed E-state index contributed by atoms with van der Waals surface area (Å²) in [6.07, 6.45) is 2.57. The second kappa shape index (κ2) is 3.48. The van der Waals surface area contributed by atoms with Crippen LogP contribution in [0.3, 0.4) is 0 Å². The van der Waals surface area contributed by atoms with E-state index in [1.54, 1.807) is 0 Å². The van der Waals surface area contributed by atoms with Crippen LogP contribution in [0.5, 0.6) is 0 Å². The van der Waals surface area contributed by atoms with E-state index in [4.69, 9.17) is 0 Å². The van der Waals surface area contributed by atoms with Gasteiger partial charge in [0.05, 0.1) is 5.75 Å². The summed E-state index contributed by atoms with van der Waals surface area (Å²) < 4.78 is 0. The van der Waals surface area contributed by atoms with E-state index in [-0.39, 0.29) is 5.91 Å². The van der Waals surface area contributed by atoms with Crippen molar-refractivity contribution in [1.82, 2.24) is 4.90 Å². The molecule has 3 heteroatoms. The fourth-order valence-corrected chi connectivity index (χ4v) is 1.46. The number of amides is 1. The van der Waals surface area contributed by atoms with E-state index in [1.807, 2.05) is 11.9 Å². The third-order valence-corrected chi connectivity index (χ3v) is 2.71. The van der Waals surface area contributed by atoms with E-state index >= 15 is 0 Å². The zero-order chi connectivity index (χ0) is 8.43. The lowest BCUT2D eigenvalue weighted by Crippen LogP contribution is -2.37. The Morgan fingerprint density at radius 2 is 2.27 bits per heavy atom. The largest absolute Gasteiger partial charge is 0.342 e. The molecule has 0 spiro atoms. The SMILES string of the molecule is CC(C1CC1)N(C)C(=O)CS. The number of carbonyl (C=O) groups excluding carboxylic acids is 1.